The lowest BCUT2D eigenvalue weighted by atomic mass is 9.68. The number of aromatic nitrogens is 3. The van der Waals surface area contributed by atoms with E-state index < -0.39 is 5.54 Å². The molecule has 0 N–H and O–H groups in total. The predicted octanol–water partition coefficient (Wildman–Crippen LogP) is 15.4. The fourth-order valence-electron chi connectivity index (χ4n) is 12.6. The molecule has 9 aromatic rings. The Kier molecular flexibility index (Phi) is 9.03. The van der Waals surface area contributed by atoms with Crippen LogP contribution in [0.15, 0.2) is 127 Å². The number of amidine groups is 1. The number of aryl methyl sites for hydroxylation is 9. The first-order chi connectivity index (χ1) is 32.5. The fraction of sp³-hybridized carbons (Fsp3) is 0.242. The van der Waals surface area contributed by atoms with Crippen LogP contribution in [0.25, 0.3) is 50.0 Å². The molecule has 0 bridgehead atoms. The van der Waals surface area contributed by atoms with Gasteiger partial charge in [-0.1, -0.05) is 90.7 Å². The number of anilines is 1. The van der Waals surface area contributed by atoms with Crippen LogP contribution in [0.2, 0.25) is 0 Å². The molecule has 0 unspecified atom stereocenters. The van der Waals surface area contributed by atoms with E-state index in [0.717, 1.165) is 51.1 Å². The molecule has 1 aliphatic carbocycles. The second kappa shape index (κ2) is 14.6. The molecule has 0 saturated carbocycles. The second-order valence-corrected chi connectivity index (χ2v) is 20.9. The van der Waals surface area contributed by atoms with Gasteiger partial charge in [-0.2, -0.15) is 0 Å². The van der Waals surface area contributed by atoms with Gasteiger partial charge in [0.1, 0.15) is 28.7 Å². The molecule has 3 aliphatic rings. The zero-order valence-corrected chi connectivity index (χ0v) is 41.3. The van der Waals surface area contributed by atoms with Gasteiger partial charge < -0.3 is 9.64 Å². The van der Waals surface area contributed by atoms with Crippen LogP contribution in [-0.2, 0) is 11.0 Å². The highest BCUT2D eigenvalue weighted by Crippen LogP contribution is 2.60. The number of hydrogen-bond acceptors (Lipinski definition) is 5. The molecule has 0 radical (unpaired) electrons. The summed E-state index contributed by atoms with van der Waals surface area (Å²) in [5.74, 6) is 3.39. The van der Waals surface area contributed by atoms with Crippen LogP contribution in [0.3, 0.4) is 0 Å². The Labute approximate surface area is 400 Å². The summed E-state index contributed by atoms with van der Waals surface area (Å²) in [6.45, 7) is 27.1. The summed E-state index contributed by atoms with van der Waals surface area (Å²) in [5, 5.41) is 2.43. The zero-order valence-electron chi connectivity index (χ0n) is 41.3. The predicted molar refractivity (Wildman–Crippen MR) is 281 cm³/mol. The number of ether oxygens (including phenoxy) is 1. The molecule has 336 valence electrons. The molecule has 3 aromatic heterocycles. The zero-order chi connectivity index (χ0) is 47.3. The number of rotatable bonds is 5. The number of pyridine rings is 2. The minimum absolute atomic E-state index is 0.122. The first-order valence-electron chi connectivity index (χ1n) is 24.0. The van der Waals surface area contributed by atoms with Gasteiger partial charge in [0.2, 0.25) is 0 Å². The van der Waals surface area contributed by atoms with Crippen LogP contribution in [0, 0.1) is 62.3 Å². The van der Waals surface area contributed by atoms with E-state index in [1.807, 2.05) is 18.5 Å². The molecule has 0 spiro atoms. The van der Waals surface area contributed by atoms with Crippen molar-refractivity contribution in [1.29, 1.82) is 0 Å². The van der Waals surface area contributed by atoms with Crippen LogP contribution < -0.4 is 9.64 Å². The topological polar surface area (TPSA) is 55.5 Å². The van der Waals surface area contributed by atoms with Crippen LogP contribution in [0.5, 0.6) is 11.5 Å². The largest absolute Gasteiger partial charge is 0.457 e. The number of fused-ring (bicyclic) bond motifs is 11. The summed E-state index contributed by atoms with van der Waals surface area (Å²) >= 11 is 0. The van der Waals surface area contributed by atoms with E-state index in [0.29, 0.717) is 0 Å². The molecule has 6 heteroatoms. The second-order valence-electron chi connectivity index (χ2n) is 20.9. The maximum Gasteiger partial charge on any atom is 0.141 e. The summed E-state index contributed by atoms with van der Waals surface area (Å²) in [6.07, 6.45) is 3.78. The first kappa shape index (κ1) is 42.1. The summed E-state index contributed by atoms with van der Waals surface area (Å²) in [5.41, 5.74) is 24.2. The van der Waals surface area contributed by atoms with Crippen molar-refractivity contribution in [1.82, 2.24) is 14.5 Å². The van der Waals surface area contributed by atoms with Crippen molar-refractivity contribution in [2.75, 3.05) is 4.90 Å². The number of aliphatic imine (C=N–C) groups is 1. The van der Waals surface area contributed by atoms with Crippen LogP contribution in [0.1, 0.15) is 105 Å². The molecule has 12 rings (SSSR count). The van der Waals surface area contributed by atoms with E-state index in [-0.39, 0.29) is 11.5 Å². The van der Waals surface area contributed by atoms with E-state index in [1.54, 1.807) is 0 Å². The molecule has 68 heavy (non-hydrogen) atoms. The molecule has 6 nitrogen and oxygen atoms in total. The van der Waals surface area contributed by atoms with Gasteiger partial charge in [-0.3, -0.25) is 14.5 Å². The van der Waals surface area contributed by atoms with Gasteiger partial charge in [0.15, 0.2) is 0 Å². The molecular weight excluding hydrogens is 831 g/mol. The highest BCUT2D eigenvalue weighted by atomic mass is 16.5. The maximum absolute atomic E-state index is 7.26. The molecule has 6 aromatic carbocycles. The molecule has 0 saturated heterocycles. The molecule has 0 amide bonds. The van der Waals surface area contributed by atoms with Crippen LogP contribution in [0.4, 0.5) is 5.69 Å². The Balaban J connectivity index is 1.10. The molecule has 2 aliphatic heterocycles. The standard InChI is InChI=1S/C62H57N5O/c1-33-22-40(8)56(41(9)23-33)67-58-47-25-34(2)20-38(6)54(47)55-39(7)21-35(3)26-49(55)62(58,12)65-59(67)43-29-42(51-17-13-14-18-63-51)30-44(31-43)68-53-32-52-45(28-37(53)5)46-24-36(4)27-50-57(46)66(52)60-48(61(50,10)11)16-15-19-64-60/h13-32,58H,1-12H3/t58-,62+/m0/s1. The monoisotopic (exact) mass is 887 g/mol. The Morgan fingerprint density at radius 1 is 0.544 bits per heavy atom. The fourth-order valence-corrected chi connectivity index (χ4v) is 12.6. The van der Waals surface area contributed by atoms with Gasteiger partial charge in [0, 0.05) is 57.0 Å². The SMILES string of the molecule is Cc1cc(C)c(N2C(c3cc(Oc4cc5c(cc4C)c4cc(C)cc6c4n5-c4ncccc4C6(C)C)cc(-c4ccccn4)c3)=N[C@]3(C)c4cc(C)cc(C)c4-c4c(C)cc(C)cc4[C@H]23)c(C)c1. The summed E-state index contributed by atoms with van der Waals surface area (Å²) in [7, 11) is 0. The summed E-state index contributed by atoms with van der Waals surface area (Å²) < 4.78 is 9.63. The van der Waals surface area contributed by atoms with E-state index in [1.165, 1.54) is 99.9 Å². The first-order valence-corrected chi connectivity index (χ1v) is 24.0. The third-order valence-electron chi connectivity index (χ3n) is 15.3. The van der Waals surface area contributed by atoms with Gasteiger partial charge >= 0.3 is 0 Å². The van der Waals surface area contributed by atoms with Crippen molar-refractivity contribution >= 4 is 33.3 Å². The summed E-state index contributed by atoms with van der Waals surface area (Å²) in [6, 6.07) is 40.2. The molecule has 5 heterocycles. The van der Waals surface area contributed by atoms with Gasteiger partial charge in [-0.25, -0.2) is 4.98 Å². The van der Waals surface area contributed by atoms with Crippen molar-refractivity contribution in [2.24, 2.45) is 4.99 Å². The Morgan fingerprint density at radius 3 is 1.96 bits per heavy atom. The Bertz CT molecular complexity index is 3680. The molecular formula is C62H57N5O. The van der Waals surface area contributed by atoms with E-state index in [4.69, 9.17) is 19.7 Å². The van der Waals surface area contributed by atoms with Gasteiger partial charge in [0.05, 0.1) is 22.8 Å². The van der Waals surface area contributed by atoms with Gasteiger partial charge in [-0.05, 0) is 173 Å². The third-order valence-corrected chi connectivity index (χ3v) is 15.3. The van der Waals surface area contributed by atoms with E-state index >= 15 is 0 Å². The quantitative estimate of drug-likeness (QED) is 0.173. The molecule has 0 fully saturated rings. The van der Waals surface area contributed by atoms with Crippen molar-refractivity contribution in [3.05, 3.63) is 199 Å². The minimum atomic E-state index is -0.628. The number of nitrogens with zero attached hydrogens (tertiary/aromatic N) is 5. The number of benzene rings is 6. The highest BCUT2D eigenvalue weighted by molar-refractivity contribution is 6.15. The lowest BCUT2D eigenvalue weighted by Gasteiger charge is -2.44. The average molecular weight is 888 g/mol. The third kappa shape index (κ3) is 5.98. The van der Waals surface area contributed by atoms with Crippen molar-refractivity contribution < 1.29 is 4.74 Å². The van der Waals surface area contributed by atoms with Gasteiger partial charge in [0.25, 0.3) is 0 Å². The van der Waals surface area contributed by atoms with Crippen molar-refractivity contribution in [2.45, 2.75) is 100 Å². The molecule has 2 atom stereocenters. The number of hydrogen-bond donors (Lipinski definition) is 0. The Morgan fingerprint density at radius 2 is 1.21 bits per heavy atom. The van der Waals surface area contributed by atoms with Gasteiger partial charge in [-0.15, -0.1) is 0 Å². The smallest absolute Gasteiger partial charge is 0.141 e. The summed E-state index contributed by atoms with van der Waals surface area (Å²) in [4.78, 5) is 18.6. The van der Waals surface area contributed by atoms with Crippen molar-refractivity contribution in [3.8, 4) is 39.7 Å². The van der Waals surface area contributed by atoms with Crippen LogP contribution >= 0.6 is 0 Å². The lowest BCUT2D eigenvalue weighted by Crippen LogP contribution is -2.41. The average Bonchev–Trinajstić information content (AvgIpc) is 3.77. The maximum atomic E-state index is 7.26. The highest BCUT2D eigenvalue weighted by Gasteiger charge is 2.54. The minimum Gasteiger partial charge on any atom is -0.457 e. The van der Waals surface area contributed by atoms with E-state index in [2.05, 4.69) is 196 Å². The van der Waals surface area contributed by atoms with Crippen molar-refractivity contribution in [3.63, 3.8) is 0 Å². The lowest BCUT2D eigenvalue weighted by molar-refractivity contribution is 0.423. The van der Waals surface area contributed by atoms with E-state index in [9.17, 15) is 0 Å². The van der Waals surface area contributed by atoms with Crippen LogP contribution in [-0.4, -0.2) is 20.4 Å². The normalized spacial score (nSPS) is 17.5. The Hall–Kier alpha value is -7.31.